The number of carbonyl (C=O) groups excluding carboxylic acids is 1. The first-order valence-corrected chi connectivity index (χ1v) is 10.3. The molecule has 9 heteroatoms. The van der Waals surface area contributed by atoms with Crippen molar-refractivity contribution >= 4 is 38.3 Å². The molecule has 0 amide bonds. The molecule has 0 spiro atoms. The number of benzene rings is 2. The van der Waals surface area contributed by atoms with Gasteiger partial charge in [0.05, 0.1) is 53.4 Å². The number of nitrogens with zero attached hydrogens (tertiary/aromatic N) is 3. The standard InChI is InChI=1S/C20H20N4O4S/c1-2-22-8-10-23(11-9-22)20-21-17-7-6-16(13-18(17)29-20)28-19(25)14-4-3-5-15(12-14)24(26)27/h3-7,12-13H,2,8-11H2,1H3/p+1. The highest BCUT2D eigenvalue weighted by molar-refractivity contribution is 7.22. The fourth-order valence-corrected chi connectivity index (χ4v) is 4.42. The number of aromatic nitrogens is 1. The maximum atomic E-state index is 12.4. The van der Waals surface area contributed by atoms with E-state index >= 15 is 0 Å². The fourth-order valence-electron chi connectivity index (χ4n) is 3.37. The summed E-state index contributed by atoms with van der Waals surface area (Å²) < 4.78 is 6.37. The molecule has 0 bridgehead atoms. The highest BCUT2D eigenvalue weighted by atomic mass is 32.1. The highest BCUT2D eigenvalue weighted by Gasteiger charge is 2.21. The molecular weight excluding hydrogens is 392 g/mol. The van der Waals surface area contributed by atoms with Gasteiger partial charge < -0.3 is 14.5 Å². The van der Waals surface area contributed by atoms with E-state index in [0.29, 0.717) is 5.75 Å². The lowest BCUT2D eigenvalue weighted by molar-refractivity contribution is -0.898. The van der Waals surface area contributed by atoms with Crippen LogP contribution in [0.25, 0.3) is 10.2 Å². The minimum Gasteiger partial charge on any atom is -0.423 e. The highest BCUT2D eigenvalue weighted by Crippen LogP contribution is 2.31. The van der Waals surface area contributed by atoms with Crippen molar-refractivity contribution in [1.82, 2.24) is 4.98 Å². The van der Waals surface area contributed by atoms with Gasteiger partial charge in [-0.3, -0.25) is 10.1 Å². The molecule has 150 valence electrons. The smallest absolute Gasteiger partial charge is 0.343 e. The predicted octanol–water partition coefficient (Wildman–Crippen LogP) is 2.15. The van der Waals surface area contributed by atoms with Crippen LogP contribution in [0.5, 0.6) is 5.75 Å². The summed E-state index contributed by atoms with van der Waals surface area (Å²) in [6.07, 6.45) is 0. The van der Waals surface area contributed by atoms with Crippen molar-refractivity contribution in [3.05, 3.63) is 58.1 Å². The summed E-state index contributed by atoms with van der Waals surface area (Å²) in [6, 6.07) is 10.8. The Hall–Kier alpha value is -3.04. The van der Waals surface area contributed by atoms with Crippen molar-refractivity contribution in [1.29, 1.82) is 0 Å². The molecule has 0 unspecified atom stereocenters. The lowest BCUT2D eigenvalue weighted by Gasteiger charge is -2.31. The molecule has 0 radical (unpaired) electrons. The van der Waals surface area contributed by atoms with Gasteiger partial charge in [0.15, 0.2) is 5.13 Å². The lowest BCUT2D eigenvalue weighted by atomic mass is 10.2. The molecule has 2 heterocycles. The number of likely N-dealkylation sites (N-methyl/N-ethyl adjacent to an activating group) is 1. The molecule has 1 aromatic heterocycles. The Balaban J connectivity index is 1.50. The van der Waals surface area contributed by atoms with E-state index in [1.165, 1.54) is 24.3 Å². The van der Waals surface area contributed by atoms with Crippen LogP contribution in [-0.4, -0.2) is 48.6 Å². The minimum atomic E-state index is -0.628. The number of fused-ring (bicyclic) bond motifs is 1. The summed E-state index contributed by atoms with van der Waals surface area (Å²) in [5.74, 6) is -0.235. The van der Waals surface area contributed by atoms with Gasteiger partial charge in [0.1, 0.15) is 5.75 Å². The zero-order chi connectivity index (χ0) is 20.4. The first-order valence-electron chi connectivity index (χ1n) is 9.49. The number of piperazine rings is 1. The van der Waals surface area contributed by atoms with Gasteiger partial charge in [0, 0.05) is 18.2 Å². The number of nitro benzene ring substituents is 1. The van der Waals surface area contributed by atoms with E-state index in [0.717, 1.165) is 48.1 Å². The Bertz CT molecular complexity index is 1060. The molecule has 0 aliphatic carbocycles. The molecule has 2 aromatic carbocycles. The molecule has 8 nitrogen and oxygen atoms in total. The monoisotopic (exact) mass is 413 g/mol. The van der Waals surface area contributed by atoms with Gasteiger partial charge >= 0.3 is 5.97 Å². The van der Waals surface area contributed by atoms with Crippen LogP contribution in [-0.2, 0) is 0 Å². The molecule has 1 aliphatic rings. The normalized spacial score (nSPS) is 14.9. The number of rotatable bonds is 5. The number of nitrogens with one attached hydrogen (secondary N) is 1. The third-order valence-corrected chi connectivity index (χ3v) is 6.17. The molecule has 4 rings (SSSR count). The van der Waals surface area contributed by atoms with E-state index in [4.69, 9.17) is 9.72 Å². The quantitative estimate of drug-likeness (QED) is 0.298. The average molecular weight is 413 g/mol. The Morgan fingerprint density at radius 1 is 1.28 bits per heavy atom. The number of carbonyl (C=O) groups is 1. The average Bonchev–Trinajstić information content (AvgIpc) is 3.17. The molecule has 1 aliphatic heterocycles. The number of quaternary nitrogens is 1. The summed E-state index contributed by atoms with van der Waals surface area (Å²) in [7, 11) is 0. The van der Waals surface area contributed by atoms with E-state index in [-0.39, 0.29) is 11.3 Å². The number of nitro groups is 1. The SMILES string of the molecule is CC[NH+]1CCN(c2nc3ccc(OC(=O)c4cccc([N+](=O)[O-])c4)cc3s2)CC1. The first-order chi connectivity index (χ1) is 14.0. The number of hydrogen-bond donors (Lipinski definition) is 1. The summed E-state index contributed by atoms with van der Waals surface area (Å²) in [5.41, 5.74) is 0.859. The van der Waals surface area contributed by atoms with Crippen LogP contribution in [0.2, 0.25) is 0 Å². The van der Waals surface area contributed by atoms with Gasteiger partial charge in [-0.15, -0.1) is 0 Å². The number of ether oxygens (including phenoxy) is 1. The maximum absolute atomic E-state index is 12.4. The van der Waals surface area contributed by atoms with Crippen molar-refractivity contribution in [3.8, 4) is 5.75 Å². The first kappa shape index (κ1) is 19.3. The summed E-state index contributed by atoms with van der Waals surface area (Å²) in [6.45, 7) is 7.54. The van der Waals surface area contributed by atoms with Crippen LogP contribution in [0.3, 0.4) is 0 Å². The van der Waals surface area contributed by atoms with Gasteiger partial charge in [0.25, 0.3) is 5.69 Å². The van der Waals surface area contributed by atoms with Gasteiger partial charge in [-0.05, 0) is 25.1 Å². The van der Waals surface area contributed by atoms with Gasteiger partial charge in [-0.2, -0.15) is 0 Å². The van der Waals surface area contributed by atoms with Crippen molar-refractivity contribution in [2.24, 2.45) is 0 Å². The molecule has 29 heavy (non-hydrogen) atoms. The second kappa shape index (κ2) is 8.14. The van der Waals surface area contributed by atoms with Crippen molar-refractivity contribution in [3.63, 3.8) is 0 Å². The van der Waals surface area contributed by atoms with Crippen molar-refractivity contribution < 1.29 is 19.4 Å². The van der Waals surface area contributed by atoms with Crippen molar-refractivity contribution in [2.45, 2.75) is 6.92 Å². The maximum Gasteiger partial charge on any atom is 0.343 e. The zero-order valence-electron chi connectivity index (χ0n) is 16.0. The van der Waals surface area contributed by atoms with Crippen LogP contribution in [0, 0.1) is 10.1 Å². The molecule has 1 fully saturated rings. The van der Waals surface area contributed by atoms with E-state index in [1.54, 1.807) is 28.4 Å². The number of esters is 1. The third-order valence-electron chi connectivity index (χ3n) is 5.09. The van der Waals surface area contributed by atoms with Crippen LogP contribution in [0.4, 0.5) is 10.8 Å². The largest absolute Gasteiger partial charge is 0.423 e. The second-order valence-electron chi connectivity index (χ2n) is 6.91. The van der Waals surface area contributed by atoms with E-state index < -0.39 is 10.9 Å². The third kappa shape index (κ3) is 4.20. The summed E-state index contributed by atoms with van der Waals surface area (Å²) in [5, 5.41) is 11.9. The predicted molar refractivity (Wildman–Crippen MR) is 111 cm³/mol. The number of thiazole rings is 1. The Kier molecular flexibility index (Phi) is 5.41. The van der Waals surface area contributed by atoms with Gasteiger partial charge in [-0.1, -0.05) is 17.4 Å². The fraction of sp³-hybridized carbons (Fsp3) is 0.300. The summed E-state index contributed by atoms with van der Waals surface area (Å²) >= 11 is 1.58. The lowest BCUT2D eigenvalue weighted by Crippen LogP contribution is -3.14. The van der Waals surface area contributed by atoms with E-state index in [9.17, 15) is 14.9 Å². The minimum absolute atomic E-state index is 0.139. The Morgan fingerprint density at radius 3 is 2.79 bits per heavy atom. The Labute approximate surface area is 171 Å². The molecule has 0 atom stereocenters. The number of non-ortho nitro benzene ring substituents is 1. The topological polar surface area (TPSA) is 90.0 Å². The van der Waals surface area contributed by atoms with E-state index in [1.807, 2.05) is 6.07 Å². The Morgan fingerprint density at radius 2 is 2.07 bits per heavy atom. The number of anilines is 1. The molecule has 0 saturated carbocycles. The number of hydrogen-bond acceptors (Lipinski definition) is 7. The van der Waals surface area contributed by atoms with Gasteiger partial charge in [-0.25, -0.2) is 9.78 Å². The van der Waals surface area contributed by atoms with Crippen LogP contribution < -0.4 is 14.5 Å². The van der Waals surface area contributed by atoms with Crippen LogP contribution >= 0.6 is 11.3 Å². The van der Waals surface area contributed by atoms with Crippen molar-refractivity contribution in [2.75, 3.05) is 37.6 Å². The molecule has 1 N–H and O–H groups in total. The second-order valence-corrected chi connectivity index (χ2v) is 7.92. The molecule has 1 saturated heterocycles. The van der Waals surface area contributed by atoms with Gasteiger partial charge in [0.2, 0.25) is 0 Å². The molecule has 3 aromatic rings. The van der Waals surface area contributed by atoms with Crippen LogP contribution in [0.15, 0.2) is 42.5 Å². The van der Waals surface area contributed by atoms with E-state index in [2.05, 4.69) is 11.8 Å². The molecular formula is C20H21N4O4S+. The summed E-state index contributed by atoms with van der Waals surface area (Å²) in [4.78, 5) is 31.4. The zero-order valence-corrected chi connectivity index (χ0v) is 16.8. The van der Waals surface area contributed by atoms with Crippen LogP contribution in [0.1, 0.15) is 17.3 Å².